The van der Waals surface area contributed by atoms with Crippen LogP contribution >= 0.6 is 15.9 Å². The van der Waals surface area contributed by atoms with Gasteiger partial charge in [0.25, 0.3) is 0 Å². The zero-order valence-corrected chi connectivity index (χ0v) is 17.0. The van der Waals surface area contributed by atoms with E-state index in [2.05, 4.69) is 51.2 Å². The molecule has 0 radical (unpaired) electrons. The lowest BCUT2D eigenvalue weighted by molar-refractivity contribution is 0.121. The Labute approximate surface area is 171 Å². The Morgan fingerprint density at radius 2 is 1.54 bits per heavy atom. The van der Waals surface area contributed by atoms with Crippen LogP contribution in [0.25, 0.3) is 0 Å². The molecule has 2 fully saturated rings. The van der Waals surface area contributed by atoms with Gasteiger partial charge in [-0.1, -0.05) is 28.1 Å². The monoisotopic (exact) mass is 447 g/mol. The predicted molar refractivity (Wildman–Crippen MR) is 111 cm³/mol. The van der Waals surface area contributed by atoms with Crippen LogP contribution in [-0.4, -0.2) is 73.8 Å². The van der Waals surface area contributed by atoms with E-state index < -0.39 is 0 Å². The van der Waals surface area contributed by atoms with Gasteiger partial charge in [-0.25, -0.2) is 5.43 Å². The van der Waals surface area contributed by atoms with Crippen LogP contribution in [-0.2, 0) is 9.47 Å². The Bertz CT molecular complexity index is 787. The molecule has 4 rings (SSSR count). The minimum Gasteiger partial charge on any atom is -0.378 e. The Morgan fingerprint density at radius 1 is 0.929 bits per heavy atom. The van der Waals surface area contributed by atoms with Crippen LogP contribution in [0.2, 0.25) is 0 Å². The summed E-state index contributed by atoms with van der Waals surface area (Å²) in [5.74, 6) is 1.70. The SMILES string of the molecule is Brc1cccc(/C=N/Nc2nc(N3CCOCC3)nc(N3CCOCC3)n2)c1. The molecule has 2 saturated heterocycles. The fourth-order valence-corrected chi connectivity index (χ4v) is 3.38. The predicted octanol–water partition coefficient (Wildman–Crippen LogP) is 1.75. The molecule has 0 atom stereocenters. The number of nitrogens with one attached hydrogen (secondary N) is 1. The van der Waals surface area contributed by atoms with E-state index >= 15 is 0 Å². The second kappa shape index (κ2) is 9.26. The molecule has 10 heteroatoms. The highest BCUT2D eigenvalue weighted by Gasteiger charge is 2.20. The third-order valence-corrected chi connectivity index (χ3v) is 4.92. The maximum Gasteiger partial charge on any atom is 0.250 e. The van der Waals surface area contributed by atoms with Gasteiger partial charge in [0.05, 0.1) is 32.6 Å². The summed E-state index contributed by atoms with van der Waals surface area (Å²) in [6.45, 7) is 5.71. The average Bonchev–Trinajstić information content (AvgIpc) is 2.75. The van der Waals surface area contributed by atoms with Crippen molar-refractivity contribution in [1.29, 1.82) is 0 Å². The van der Waals surface area contributed by atoms with Gasteiger partial charge in [-0.05, 0) is 17.7 Å². The Hall–Kier alpha value is -2.30. The number of nitrogens with zero attached hydrogens (tertiary/aromatic N) is 6. The molecule has 2 aromatic rings. The number of benzene rings is 1. The fourth-order valence-electron chi connectivity index (χ4n) is 2.96. The van der Waals surface area contributed by atoms with Crippen LogP contribution in [0, 0.1) is 0 Å². The number of hydrogen-bond acceptors (Lipinski definition) is 9. The zero-order valence-electron chi connectivity index (χ0n) is 15.4. The van der Waals surface area contributed by atoms with Gasteiger partial charge >= 0.3 is 0 Å². The van der Waals surface area contributed by atoms with Crippen molar-refractivity contribution < 1.29 is 9.47 Å². The molecule has 0 unspecified atom stereocenters. The highest BCUT2D eigenvalue weighted by atomic mass is 79.9. The number of morpholine rings is 2. The van der Waals surface area contributed by atoms with E-state index in [-0.39, 0.29) is 0 Å². The minimum absolute atomic E-state index is 0.421. The number of ether oxygens (including phenoxy) is 2. The quantitative estimate of drug-likeness (QED) is 0.547. The van der Waals surface area contributed by atoms with Gasteiger partial charge in [-0.2, -0.15) is 20.1 Å². The van der Waals surface area contributed by atoms with Crippen LogP contribution in [0.1, 0.15) is 5.56 Å². The lowest BCUT2D eigenvalue weighted by atomic mass is 10.2. The van der Waals surface area contributed by atoms with Gasteiger partial charge < -0.3 is 19.3 Å². The fraction of sp³-hybridized carbons (Fsp3) is 0.444. The van der Waals surface area contributed by atoms with Gasteiger partial charge in [0.15, 0.2) is 0 Å². The zero-order chi connectivity index (χ0) is 19.2. The van der Waals surface area contributed by atoms with E-state index in [1.807, 2.05) is 24.3 Å². The Morgan fingerprint density at radius 3 is 2.11 bits per heavy atom. The maximum atomic E-state index is 5.44. The minimum atomic E-state index is 0.421. The van der Waals surface area contributed by atoms with Crippen LogP contribution in [0.4, 0.5) is 17.8 Å². The van der Waals surface area contributed by atoms with Crippen molar-refractivity contribution in [3.05, 3.63) is 34.3 Å². The van der Waals surface area contributed by atoms with E-state index in [0.717, 1.165) is 36.2 Å². The van der Waals surface area contributed by atoms with Gasteiger partial charge in [0.1, 0.15) is 0 Å². The number of aromatic nitrogens is 3. The molecule has 9 nitrogen and oxygen atoms in total. The summed E-state index contributed by atoms with van der Waals surface area (Å²) in [4.78, 5) is 18.0. The van der Waals surface area contributed by atoms with Crippen molar-refractivity contribution in [2.45, 2.75) is 0 Å². The number of rotatable bonds is 5. The third kappa shape index (κ3) is 4.94. The number of hydrazone groups is 1. The van der Waals surface area contributed by atoms with Gasteiger partial charge in [-0.15, -0.1) is 0 Å². The van der Waals surface area contributed by atoms with E-state index in [1.165, 1.54) is 0 Å². The average molecular weight is 448 g/mol. The lowest BCUT2D eigenvalue weighted by Crippen LogP contribution is -2.40. The lowest BCUT2D eigenvalue weighted by Gasteiger charge is -2.30. The summed E-state index contributed by atoms with van der Waals surface area (Å²) in [5.41, 5.74) is 3.92. The summed E-state index contributed by atoms with van der Waals surface area (Å²) in [7, 11) is 0. The maximum absolute atomic E-state index is 5.44. The molecule has 2 aliphatic heterocycles. The molecule has 0 saturated carbocycles. The first-order valence-electron chi connectivity index (χ1n) is 9.24. The molecule has 0 aliphatic carbocycles. The van der Waals surface area contributed by atoms with Crippen molar-refractivity contribution >= 4 is 40.0 Å². The highest BCUT2D eigenvalue weighted by molar-refractivity contribution is 9.10. The summed E-state index contributed by atoms with van der Waals surface area (Å²) in [6, 6.07) is 7.89. The molecular weight excluding hydrogens is 426 g/mol. The molecule has 0 bridgehead atoms. The number of halogens is 1. The van der Waals surface area contributed by atoms with Crippen LogP contribution < -0.4 is 15.2 Å². The molecule has 0 spiro atoms. The Kier molecular flexibility index (Phi) is 6.30. The summed E-state index contributed by atoms with van der Waals surface area (Å²) >= 11 is 3.46. The van der Waals surface area contributed by atoms with Crippen molar-refractivity contribution in [1.82, 2.24) is 15.0 Å². The second-order valence-electron chi connectivity index (χ2n) is 6.38. The van der Waals surface area contributed by atoms with Crippen LogP contribution in [0.15, 0.2) is 33.8 Å². The molecule has 1 aromatic carbocycles. The van der Waals surface area contributed by atoms with E-state index in [0.29, 0.717) is 44.3 Å². The second-order valence-corrected chi connectivity index (χ2v) is 7.30. The molecule has 28 heavy (non-hydrogen) atoms. The van der Waals surface area contributed by atoms with Gasteiger partial charge in [-0.3, -0.25) is 0 Å². The largest absolute Gasteiger partial charge is 0.378 e. The summed E-state index contributed by atoms with van der Waals surface area (Å²) in [5, 5.41) is 4.29. The van der Waals surface area contributed by atoms with E-state index in [1.54, 1.807) is 6.21 Å². The van der Waals surface area contributed by atoms with Crippen molar-refractivity contribution in [3.8, 4) is 0 Å². The molecule has 1 aromatic heterocycles. The normalized spacial score (nSPS) is 17.9. The first kappa shape index (κ1) is 19.0. The van der Waals surface area contributed by atoms with Crippen molar-refractivity contribution in [2.75, 3.05) is 67.8 Å². The van der Waals surface area contributed by atoms with Crippen LogP contribution in [0.3, 0.4) is 0 Å². The van der Waals surface area contributed by atoms with Crippen molar-refractivity contribution in [3.63, 3.8) is 0 Å². The molecule has 0 amide bonds. The standard InChI is InChI=1S/C18H22BrN7O2/c19-15-3-1-2-14(12-15)13-20-24-16-21-17(25-4-8-27-9-5-25)23-18(22-16)26-6-10-28-11-7-26/h1-3,12-13H,4-11H2,(H,21,22,23,24)/b20-13+. The Balaban J connectivity index is 1.55. The van der Waals surface area contributed by atoms with Crippen molar-refractivity contribution in [2.24, 2.45) is 5.10 Å². The van der Waals surface area contributed by atoms with E-state index in [4.69, 9.17) is 9.47 Å². The third-order valence-electron chi connectivity index (χ3n) is 4.43. The molecule has 2 aliphatic rings. The summed E-state index contributed by atoms with van der Waals surface area (Å²) in [6.07, 6.45) is 1.73. The topological polar surface area (TPSA) is 88.0 Å². The first-order chi connectivity index (χ1) is 13.8. The van der Waals surface area contributed by atoms with Gasteiger partial charge in [0.2, 0.25) is 17.8 Å². The molecule has 148 valence electrons. The number of hydrogen-bond donors (Lipinski definition) is 1. The van der Waals surface area contributed by atoms with Crippen LogP contribution in [0.5, 0.6) is 0 Å². The highest BCUT2D eigenvalue weighted by Crippen LogP contribution is 2.19. The number of anilines is 3. The molecule has 3 heterocycles. The smallest absolute Gasteiger partial charge is 0.250 e. The molecular formula is C18H22BrN7O2. The first-order valence-corrected chi connectivity index (χ1v) is 10.0. The van der Waals surface area contributed by atoms with E-state index in [9.17, 15) is 0 Å². The summed E-state index contributed by atoms with van der Waals surface area (Å²) < 4.78 is 11.9. The van der Waals surface area contributed by atoms with Gasteiger partial charge in [0, 0.05) is 30.7 Å². The molecule has 1 N–H and O–H groups in total.